The van der Waals surface area contributed by atoms with E-state index in [-0.39, 0.29) is 5.54 Å². The second-order valence-electron chi connectivity index (χ2n) is 7.78. The molecule has 0 amide bonds. The molecule has 0 saturated carbocycles. The lowest BCUT2D eigenvalue weighted by atomic mass is 10.1. The molecule has 120 valence electrons. The summed E-state index contributed by atoms with van der Waals surface area (Å²) in [6.45, 7) is 11.5. The summed E-state index contributed by atoms with van der Waals surface area (Å²) in [5, 5.41) is 1.98. The van der Waals surface area contributed by atoms with Gasteiger partial charge in [-0.3, -0.25) is 4.72 Å². The molecular formula is C19H27NS2. The molecule has 1 aliphatic carbocycles. The first-order valence-corrected chi connectivity index (χ1v) is 11.1. The average molecular weight is 334 g/mol. The number of rotatable bonds is 2. The van der Waals surface area contributed by atoms with Gasteiger partial charge in [-0.2, -0.15) is 10.2 Å². The largest absolute Gasteiger partial charge is 0.275 e. The highest BCUT2D eigenvalue weighted by atomic mass is 32.3. The lowest BCUT2D eigenvalue weighted by molar-refractivity contribution is 0.529. The third-order valence-electron chi connectivity index (χ3n) is 4.38. The predicted molar refractivity (Wildman–Crippen MR) is 105 cm³/mol. The van der Waals surface area contributed by atoms with Gasteiger partial charge in [0.1, 0.15) is 0 Å². The van der Waals surface area contributed by atoms with E-state index < -0.39 is 10.2 Å². The van der Waals surface area contributed by atoms with Gasteiger partial charge in [0.15, 0.2) is 0 Å². The summed E-state index contributed by atoms with van der Waals surface area (Å²) in [5.41, 5.74) is 4.71. The molecule has 1 heterocycles. The van der Waals surface area contributed by atoms with Crippen molar-refractivity contribution in [2.24, 2.45) is 0 Å². The maximum atomic E-state index is 3.93. The SMILES string of the molecule is CC1=C(C)C(S(C)(C)NC(C)(C)C)c2sc3ccccc3c21. The van der Waals surface area contributed by atoms with Crippen molar-refractivity contribution < 1.29 is 0 Å². The zero-order valence-electron chi connectivity index (χ0n) is 14.7. The van der Waals surface area contributed by atoms with Crippen molar-refractivity contribution in [3.05, 3.63) is 40.3 Å². The molecule has 1 nitrogen and oxygen atoms in total. The molecule has 0 aliphatic heterocycles. The molecule has 3 heteroatoms. The Hall–Kier alpha value is -0.770. The zero-order chi connectivity index (χ0) is 16.3. The highest BCUT2D eigenvalue weighted by Crippen LogP contribution is 2.64. The Bertz CT molecular complexity index is 759. The van der Waals surface area contributed by atoms with E-state index in [0.717, 1.165) is 0 Å². The summed E-state index contributed by atoms with van der Waals surface area (Å²) < 4.78 is 5.36. The van der Waals surface area contributed by atoms with E-state index in [4.69, 9.17) is 0 Å². The molecule has 2 aromatic rings. The van der Waals surface area contributed by atoms with Crippen LogP contribution in [0.15, 0.2) is 29.8 Å². The number of hydrogen-bond donors (Lipinski definition) is 1. The molecule has 1 atom stereocenters. The van der Waals surface area contributed by atoms with Gasteiger partial charge in [-0.25, -0.2) is 0 Å². The molecule has 1 aromatic carbocycles. The van der Waals surface area contributed by atoms with Gasteiger partial charge in [-0.05, 0) is 58.8 Å². The Morgan fingerprint density at radius 1 is 1.09 bits per heavy atom. The van der Waals surface area contributed by atoms with Gasteiger partial charge in [-0.1, -0.05) is 23.8 Å². The van der Waals surface area contributed by atoms with Gasteiger partial charge in [0, 0.05) is 26.1 Å². The average Bonchev–Trinajstić information content (AvgIpc) is 2.83. The van der Waals surface area contributed by atoms with Gasteiger partial charge < -0.3 is 0 Å². The van der Waals surface area contributed by atoms with Crippen LogP contribution in [-0.4, -0.2) is 18.1 Å². The number of benzene rings is 1. The lowest BCUT2D eigenvalue weighted by Gasteiger charge is -2.44. The van der Waals surface area contributed by atoms with Gasteiger partial charge in [-0.15, -0.1) is 11.3 Å². The van der Waals surface area contributed by atoms with Crippen LogP contribution in [0, 0.1) is 0 Å². The molecule has 0 spiro atoms. The van der Waals surface area contributed by atoms with Gasteiger partial charge in [0.2, 0.25) is 0 Å². The standard InChI is InChI=1S/C19H27NS2/c1-12-13(2)18(22(6,7)20-19(3,4)5)17-16(12)14-10-8-9-11-15(14)21-17/h8-11,18,20H,1-7H3. The van der Waals surface area contributed by atoms with E-state index in [0.29, 0.717) is 5.25 Å². The second-order valence-corrected chi connectivity index (χ2v) is 12.4. The molecule has 1 N–H and O–H groups in total. The van der Waals surface area contributed by atoms with Gasteiger partial charge >= 0.3 is 0 Å². The summed E-state index contributed by atoms with van der Waals surface area (Å²) in [7, 11) is -0.958. The van der Waals surface area contributed by atoms with Crippen LogP contribution in [0.25, 0.3) is 15.7 Å². The zero-order valence-corrected chi connectivity index (χ0v) is 16.3. The van der Waals surface area contributed by atoms with Crippen LogP contribution in [0.5, 0.6) is 0 Å². The van der Waals surface area contributed by atoms with Crippen LogP contribution < -0.4 is 4.72 Å². The summed E-state index contributed by atoms with van der Waals surface area (Å²) >= 11 is 1.99. The number of hydrogen-bond acceptors (Lipinski definition) is 2. The molecule has 3 rings (SSSR count). The van der Waals surface area contributed by atoms with Crippen molar-refractivity contribution in [3.63, 3.8) is 0 Å². The van der Waals surface area contributed by atoms with Crippen molar-refractivity contribution in [3.8, 4) is 0 Å². The van der Waals surface area contributed by atoms with Crippen LogP contribution in [-0.2, 0) is 0 Å². The Kier molecular flexibility index (Phi) is 3.75. The number of thiophene rings is 1. The minimum Gasteiger partial charge on any atom is -0.275 e. The topological polar surface area (TPSA) is 12.0 Å². The summed E-state index contributed by atoms with van der Waals surface area (Å²) in [6, 6.07) is 8.86. The molecule has 1 unspecified atom stereocenters. The third kappa shape index (κ3) is 2.53. The van der Waals surface area contributed by atoms with Crippen molar-refractivity contribution in [2.45, 2.75) is 45.4 Å². The first kappa shape index (κ1) is 16.1. The molecule has 0 bridgehead atoms. The smallest absolute Gasteiger partial charge is 0.0562 e. The van der Waals surface area contributed by atoms with E-state index >= 15 is 0 Å². The van der Waals surface area contributed by atoms with Crippen LogP contribution in [0.4, 0.5) is 0 Å². The van der Waals surface area contributed by atoms with Crippen molar-refractivity contribution >= 4 is 37.2 Å². The first-order chi connectivity index (χ1) is 10.1. The Labute approximate surface area is 140 Å². The summed E-state index contributed by atoms with van der Waals surface area (Å²) in [6.07, 6.45) is 4.86. The van der Waals surface area contributed by atoms with E-state index in [1.54, 1.807) is 10.5 Å². The predicted octanol–water partition coefficient (Wildman–Crippen LogP) is 6.12. The fraction of sp³-hybridized carbons (Fsp3) is 0.474. The first-order valence-electron chi connectivity index (χ1n) is 7.82. The second kappa shape index (κ2) is 5.12. The van der Waals surface area contributed by atoms with Crippen LogP contribution in [0.2, 0.25) is 0 Å². The van der Waals surface area contributed by atoms with E-state index in [1.807, 2.05) is 11.3 Å². The third-order valence-corrected chi connectivity index (χ3v) is 8.67. The van der Waals surface area contributed by atoms with E-state index in [2.05, 4.69) is 76.1 Å². The Balaban J connectivity index is 2.17. The Morgan fingerprint density at radius 2 is 1.73 bits per heavy atom. The van der Waals surface area contributed by atoms with E-state index in [9.17, 15) is 0 Å². The fourth-order valence-electron chi connectivity index (χ4n) is 3.78. The maximum Gasteiger partial charge on any atom is 0.0562 e. The highest BCUT2D eigenvalue weighted by molar-refractivity contribution is 8.31. The van der Waals surface area contributed by atoms with E-state index in [1.165, 1.54) is 21.2 Å². The van der Waals surface area contributed by atoms with Crippen molar-refractivity contribution in [2.75, 3.05) is 12.5 Å². The lowest BCUT2D eigenvalue weighted by Crippen LogP contribution is -2.39. The number of allylic oxidation sites excluding steroid dienone is 1. The fourth-order valence-corrected chi connectivity index (χ4v) is 9.37. The van der Waals surface area contributed by atoms with Crippen LogP contribution in [0.1, 0.15) is 50.3 Å². The van der Waals surface area contributed by atoms with Crippen molar-refractivity contribution in [1.29, 1.82) is 0 Å². The molecule has 0 saturated heterocycles. The molecular weight excluding hydrogens is 306 g/mol. The molecule has 22 heavy (non-hydrogen) atoms. The van der Waals surface area contributed by atoms with Gasteiger partial charge in [0.25, 0.3) is 0 Å². The quantitative estimate of drug-likeness (QED) is 0.698. The maximum absolute atomic E-state index is 3.93. The minimum atomic E-state index is -0.958. The Morgan fingerprint density at radius 3 is 2.36 bits per heavy atom. The van der Waals surface area contributed by atoms with Gasteiger partial charge in [0.05, 0.1) is 5.25 Å². The molecule has 1 aliphatic rings. The molecule has 0 fully saturated rings. The van der Waals surface area contributed by atoms with Crippen LogP contribution in [0.3, 0.4) is 0 Å². The van der Waals surface area contributed by atoms with Crippen molar-refractivity contribution in [1.82, 2.24) is 4.72 Å². The summed E-state index contributed by atoms with van der Waals surface area (Å²) in [4.78, 5) is 1.58. The molecule has 1 aromatic heterocycles. The molecule has 0 radical (unpaired) electrons. The number of nitrogens with one attached hydrogen (secondary N) is 1. The normalized spacial score (nSPS) is 19.9. The highest BCUT2D eigenvalue weighted by Gasteiger charge is 2.39. The monoisotopic (exact) mass is 333 g/mol. The minimum absolute atomic E-state index is 0.145. The summed E-state index contributed by atoms with van der Waals surface area (Å²) in [5.74, 6) is 0. The number of fused-ring (bicyclic) bond motifs is 3. The van der Waals surface area contributed by atoms with Crippen LogP contribution >= 0.6 is 21.6 Å².